The average molecular weight is 338 g/mol. The zero-order valence-electron chi connectivity index (χ0n) is 13.5. The van der Waals surface area contributed by atoms with Crippen molar-refractivity contribution >= 4 is 23.9 Å². The Morgan fingerprint density at radius 1 is 1.00 bits per heavy atom. The van der Waals surface area contributed by atoms with Crippen LogP contribution >= 0.6 is 0 Å². The second kappa shape index (κ2) is 9.67. The van der Waals surface area contributed by atoms with E-state index in [1.165, 1.54) is 12.1 Å². The molecule has 0 fully saturated rings. The summed E-state index contributed by atoms with van der Waals surface area (Å²) >= 11 is 0. The van der Waals surface area contributed by atoms with Gasteiger partial charge in [0.15, 0.2) is 0 Å². The molecule has 0 radical (unpaired) electrons. The number of amides is 1. The van der Waals surface area contributed by atoms with Gasteiger partial charge in [0.05, 0.1) is 4.92 Å². The van der Waals surface area contributed by atoms with Crippen LogP contribution in [-0.2, 0) is 4.74 Å². The topological polar surface area (TPSA) is 81.5 Å². The molecule has 6 heteroatoms. The van der Waals surface area contributed by atoms with Gasteiger partial charge in [-0.15, -0.1) is 0 Å². The number of carbonyl (C=O) groups excluding carboxylic acids is 1. The van der Waals surface area contributed by atoms with Gasteiger partial charge in [0.1, 0.15) is 6.61 Å². The number of nitro groups is 1. The zero-order chi connectivity index (χ0) is 17.9. The molecule has 0 spiro atoms. The van der Waals surface area contributed by atoms with E-state index in [1.807, 2.05) is 36.4 Å². The fraction of sp³-hybridized carbons (Fsp3) is 0.105. The number of non-ortho nitro benzene ring substituents is 1. The van der Waals surface area contributed by atoms with Gasteiger partial charge in [0.25, 0.3) is 5.69 Å². The number of nitrogens with one attached hydrogen (secondary N) is 1. The highest BCUT2D eigenvalue weighted by molar-refractivity contribution is 5.68. The fourth-order valence-corrected chi connectivity index (χ4v) is 1.97. The zero-order valence-corrected chi connectivity index (χ0v) is 13.5. The van der Waals surface area contributed by atoms with E-state index in [1.54, 1.807) is 30.4 Å². The maximum Gasteiger partial charge on any atom is 0.407 e. The Kier molecular flexibility index (Phi) is 6.94. The molecule has 0 bridgehead atoms. The predicted octanol–water partition coefficient (Wildman–Crippen LogP) is 4.05. The van der Waals surface area contributed by atoms with Gasteiger partial charge < -0.3 is 10.1 Å². The normalized spacial score (nSPS) is 10.9. The Morgan fingerprint density at radius 3 is 2.32 bits per heavy atom. The van der Waals surface area contributed by atoms with Crippen LogP contribution in [-0.4, -0.2) is 24.2 Å². The Bertz CT molecular complexity index is 753. The molecule has 2 aromatic carbocycles. The molecule has 0 aliphatic carbocycles. The summed E-state index contributed by atoms with van der Waals surface area (Å²) < 4.78 is 5.01. The number of carbonyl (C=O) groups is 1. The van der Waals surface area contributed by atoms with Gasteiger partial charge in [0.2, 0.25) is 0 Å². The van der Waals surface area contributed by atoms with Crippen molar-refractivity contribution in [1.29, 1.82) is 0 Å². The van der Waals surface area contributed by atoms with Crippen LogP contribution < -0.4 is 5.32 Å². The van der Waals surface area contributed by atoms with Crippen molar-refractivity contribution in [2.45, 2.75) is 0 Å². The van der Waals surface area contributed by atoms with Crippen molar-refractivity contribution in [3.63, 3.8) is 0 Å². The fourth-order valence-electron chi connectivity index (χ4n) is 1.97. The summed E-state index contributed by atoms with van der Waals surface area (Å²) in [5.74, 6) is 0. The molecule has 25 heavy (non-hydrogen) atoms. The number of rotatable bonds is 7. The van der Waals surface area contributed by atoms with Crippen LogP contribution in [0.25, 0.3) is 12.2 Å². The highest BCUT2D eigenvalue weighted by Gasteiger charge is 2.02. The molecule has 6 nitrogen and oxygen atoms in total. The summed E-state index contributed by atoms with van der Waals surface area (Å²) in [6, 6.07) is 15.9. The first-order valence-corrected chi connectivity index (χ1v) is 7.68. The summed E-state index contributed by atoms with van der Waals surface area (Å²) in [5, 5.41) is 13.1. The molecule has 0 saturated carbocycles. The molecule has 0 aromatic heterocycles. The number of ether oxygens (including phenoxy) is 1. The van der Waals surface area contributed by atoms with Gasteiger partial charge >= 0.3 is 6.09 Å². The molecule has 0 saturated heterocycles. The number of nitrogens with zero attached hydrogens (tertiary/aromatic N) is 1. The molecule has 0 atom stereocenters. The van der Waals surface area contributed by atoms with Gasteiger partial charge in [-0.1, -0.05) is 48.6 Å². The minimum absolute atomic E-state index is 0.0439. The van der Waals surface area contributed by atoms with E-state index in [0.29, 0.717) is 6.54 Å². The van der Waals surface area contributed by atoms with E-state index in [2.05, 4.69) is 5.32 Å². The van der Waals surface area contributed by atoms with Crippen molar-refractivity contribution in [2.75, 3.05) is 13.2 Å². The van der Waals surface area contributed by atoms with Crippen molar-refractivity contribution < 1.29 is 14.5 Å². The number of hydrogen-bond acceptors (Lipinski definition) is 4. The summed E-state index contributed by atoms with van der Waals surface area (Å²) in [6.45, 7) is 0.491. The van der Waals surface area contributed by atoms with Gasteiger partial charge in [0, 0.05) is 18.7 Å². The maximum absolute atomic E-state index is 11.5. The third-order valence-electron chi connectivity index (χ3n) is 3.20. The second-order valence-corrected chi connectivity index (χ2v) is 5.04. The van der Waals surface area contributed by atoms with Crippen molar-refractivity contribution in [3.8, 4) is 0 Å². The van der Waals surface area contributed by atoms with Crippen LogP contribution in [0.4, 0.5) is 10.5 Å². The van der Waals surface area contributed by atoms with Gasteiger partial charge in [-0.3, -0.25) is 10.1 Å². The van der Waals surface area contributed by atoms with Gasteiger partial charge in [-0.05, 0) is 29.3 Å². The summed E-state index contributed by atoms with van der Waals surface area (Å²) in [6.07, 6.45) is 6.64. The minimum atomic E-state index is -0.508. The van der Waals surface area contributed by atoms with Crippen molar-refractivity contribution in [2.24, 2.45) is 0 Å². The molecular weight excluding hydrogens is 320 g/mol. The lowest BCUT2D eigenvalue weighted by Crippen LogP contribution is -2.24. The largest absolute Gasteiger partial charge is 0.445 e. The summed E-state index contributed by atoms with van der Waals surface area (Å²) in [7, 11) is 0. The Hall–Kier alpha value is -3.41. The van der Waals surface area contributed by atoms with Crippen LogP contribution in [0, 0.1) is 10.1 Å². The Morgan fingerprint density at radius 2 is 1.64 bits per heavy atom. The van der Waals surface area contributed by atoms with E-state index >= 15 is 0 Å². The van der Waals surface area contributed by atoms with E-state index in [0.717, 1.165) is 11.1 Å². The average Bonchev–Trinajstić information content (AvgIpc) is 2.63. The van der Waals surface area contributed by atoms with Crippen LogP contribution in [0.2, 0.25) is 0 Å². The lowest BCUT2D eigenvalue weighted by Gasteiger charge is -2.02. The molecule has 2 aromatic rings. The Balaban J connectivity index is 1.66. The number of alkyl carbamates (subject to hydrolysis) is 1. The maximum atomic E-state index is 11.5. The molecule has 2 rings (SSSR count). The first kappa shape index (κ1) is 17.9. The van der Waals surface area contributed by atoms with Gasteiger partial charge in [-0.25, -0.2) is 4.79 Å². The van der Waals surface area contributed by atoms with Crippen molar-refractivity contribution in [3.05, 3.63) is 88.0 Å². The lowest BCUT2D eigenvalue weighted by atomic mass is 10.2. The highest BCUT2D eigenvalue weighted by Crippen LogP contribution is 2.12. The predicted molar refractivity (Wildman–Crippen MR) is 97.0 cm³/mol. The van der Waals surface area contributed by atoms with E-state index in [-0.39, 0.29) is 12.3 Å². The smallest absolute Gasteiger partial charge is 0.407 e. The second-order valence-electron chi connectivity index (χ2n) is 5.04. The molecule has 0 aliphatic rings. The molecule has 128 valence electrons. The monoisotopic (exact) mass is 338 g/mol. The van der Waals surface area contributed by atoms with E-state index < -0.39 is 11.0 Å². The molecule has 1 amide bonds. The van der Waals surface area contributed by atoms with Crippen LogP contribution in [0.1, 0.15) is 11.1 Å². The van der Waals surface area contributed by atoms with Crippen molar-refractivity contribution in [1.82, 2.24) is 5.32 Å². The Labute approximate surface area is 145 Å². The molecule has 0 unspecified atom stereocenters. The van der Waals surface area contributed by atoms with E-state index in [9.17, 15) is 14.9 Å². The number of nitro benzene ring substituents is 1. The van der Waals surface area contributed by atoms with Crippen LogP contribution in [0.15, 0.2) is 66.7 Å². The summed E-state index contributed by atoms with van der Waals surface area (Å²) in [4.78, 5) is 21.6. The highest BCUT2D eigenvalue weighted by atomic mass is 16.6. The lowest BCUT2D eigenvalue weighted by molar-refractivity contribution is -0.384. The molecular formula is C19H18N2O4. The third-order valence-corrected chi connectivity index (χ3v) is 3.20. The van der Waals surface area contributed by atoms with Crippen LogP contribution in [0.3, 0.4) is 0 Å². The standard InChI is InChI=1S/C19H18N2O4/c22-19(25-15-5-9-16-6-2-1-3-7-16)20-14-4-8-17-10-12-18(13-11-17)21(23)24/h1-13H,14-15H2,(H,20,22). The quantitative estimate of drug-likeness (QED) is 0.610. The first-order valence-electron chi connectivity index (χ1n) is 7.68. The first-order chi connectivity index (χ1) is 12.1. The molecule has 1 N–H and O–H groups in total. The van der Waals surface area contributed by atoms with Gasteiger partial charge in [-0.2, -0.15) is 0 Å². The minimum Gasteiger partial charge on any atom is -0.445 e. The van der Waals surface area contributed by atoms with E-state index in [4.69, 9.17) is 4.74 Å². The third kappa shape index (κ3) is 6.70. The van der Waals surface area contributed by atoms with Crippen LogP contribution in [0.5, 0.6) is 0 Å². The molecule has 0 aliphatic heterocycles. The number of hydrogen-bond donors (Lipinski definition) is 1. The SMILES string of the molecule is O=C(NCC=Cc1ccc([N+](=O)[O-])cc1)OCC=Cc1ccccc1. The number of benzene rings is 2. The summed E-state index contributed by atoms with van der Waals surface area (Å²) in [5.41, 5.74) is 1.89. The molecule has 0 heterocycles.